The van der Waals surface area contributed by atoms with Crippen molar-refractivity contribution < 1.29 is 14.6 Å². The van der Waals surface area contributed by atoms with Gasteiger partial charge in [0.1, 0.15) is 5.60 Å². The third kappa shape index (κ3) is 1.70. The van der Waals surface area contributed by atoms with Gasteiger partial charge in [-0.1, -0.05) is 23.7 Å². The zero-order chi connectivity index (χ0) is 11.8. The van der Waals surface area contributed by atoms with Gasteiger partial charge in [0, 0.05) is 12.1 Å². The molecule has 0 aliphatic heterocycles. The number of fused-ring (bicyclic) bond motifs is 1. The third-order valence-electron chi connectivity index (χ3n) is 3.22. The second-order valence-corrected chi connectivity index (χ2v) is 4.44. The van der Waals surface area contributed by atoms with E-state index in [1.54, 1.807) is 7.11 Å². The summed E-state index contributed by atoms with van der Waals surface area (Å²) in [7, 11) is 1.55. The van der Waals surface area contributed by atoms with Crippen LogP contribution >= 0.6 is 11.6 Å². The number of aliphatic carboxylic acids is 1. The summed E-state index contributed by atoms with van der Waals surface area (Å²) in [4.78, 5) is 10.9. The second kappa shape index (κ2) is 4.07. The van der Waals surface area contributed by atoms with Gasteiger partial charge in [-0.05, 0) is 30.0 Å². The summed E-state index contributed by atoms with van der Waals surface area (Å²) in [5, 5.41) is 9.65. The number of benzene rings is 1. The van der Waals surface area contributed by atoms with E-state index in [9.17, 15) is 4.79 Å². The van der Waals surface area contributed by atoms with Crippen LogP contribution in [-0.2, 0) is 21.6 Å². The van der Waals surface area contributed by atoms with Crippen LogP contribution < -0.4 is 0 Å². The molecular formula is C12H13ClO3. The molecule has 0 saturated carbocycles. The summed E-state index contributed by atoms with van der Waals surface area (Å²) in [6.45, 7) is 0. The summed E-state index contributed by atoms with van der Waals surface area (Å²) >= 11 is 6.09. The van der Waals surface area contributed by atoms with Gasteiger partial charge in [0.2, 0.25) is 0 Å². The minimum atomic E-state index is -0.852. The molecule has 1 atom stereocenters. The lowest BCUT2D eigenvalue weighted by atomic mass is 9.92. The molecule has 16 heavy (non-hydrogen) atoms. The number of rotatable bonds is 3. The zero-order valence-corrected chi connectivity index (χ0v) is 9.75. The monoisotopic (exact) mass is 240 g/mol. The minimum Gasteiger partial charge on any atom is -0.481 e. The fraction of sp³-hybridized carbons (Fsp3) is 0.417. The molecule has 1 unspecified atom stereocenters. The Bertz CT molecular complexity index is 430. The molecule has 0 spiro atoms. The van der Waals surface area contributed by atoms with E-state index in [2.05, 4.69) is 0 Å². The molecular weight excluding hydrogens is 228 g/mol. The number of hydrogen-bond acceptors (Lipinski definition) is 2. The summed E-state index contributed by atoms with van der Waals surface area (Å²) in [6, 6.07) is 5.57. The van der Waals surface area contributed by atoms with Gasteiger partial charge in [-0.15, -0.1) is 0 Å². The number of ether oxygens (including phenoxy) is 1. The Morgan fingerprint density at radius 3 is 3.00 bits per heavy atom. The van der Waals surface area contributed by atoms with Crippen molar-refractivity contribution in [3.05, 3.63) is 34.3 Å². The molecule has 0 radical (unpaired) electrons. The first-order chi connectivity index (χ1) is 7.59. The van der Waals surface area contributed by atoms with Crippen LogP contribution in [0.4, 0.5) is 0 Å². The molecule has 0 saturated heterocycles. The van der Waals surface area contributed by atoms with Gasteiger partial charge < -0.3 is 9.84 Å². The van der Waals surface area contributed by atoms with Crippen molar-refractivity contribution >= 4 is 17.6 Å². The maximum absolute atomic E-state index is 10.9. The number of carbonyl (C=O) groups is 1. The Morgan fingerprint density at radius 1 is 1.62 bits per heavy atom. The van der Waals surface area contributed by atoms with Crippen molar-refractivity contribution in [3.8, 4) is 0 Å². The molecule has 1 N–H and O–H groups in total. The summed E-state index contributed by atoms with van der Waals surface area (Å²) in [5.41, 5.74) is 1.24. The van der Waals surface area contributed by atoms with Crippen molar-refractivity contribution in [2.24, 2.45) is 0 Å². The van der Waals surface area contributed by atoms with Gasteiger partial charge in [-0.25, -0.2) is 0 Å². The van der Waals surface area contributed by atoms with Crippen LogP contribution in [0.15, 0.2) is 18.2 Å². The summed E-state index contributed by atoms with van der Waals surface area (Å²) < 4.78 is 5.45. The Balaban J connectivity index is 2.47. The molecule has 1 aliphatic carbocycles. The third-order valence-corrected chi connectivity index (χ3v) is 3.57. The lowest BCUT2D eigenvalue weighted by molar-refractivity contribution is -0.144. The van der Waals surface area contributed by atoms with E-state index >= 15 is 0 Å². The molecule has 1 aromatic rings. The number of carboxylic acids is 1. The van der Waals surface area contributed by atoms with Gasteiger partial charge in [-0.2, -0.15) is 0 Å². The van der Waals surface area contributed by atoms with Crippen LogP contribution in [0.5, 0.6) is 0 Å². The fourth-order valence-electron chi connectivity index (χ4n) is 2.41. The predicted molar refractivity (Wildman–Crippen MR) is 60.7 cm³/mol. The average molecular weight is 241 g/mol. The molecule has 3 nitrogen and oxygen atoms in total. The highest BCUT2D eigenvalue weighted by atomic mass is 35.5. The Kier molecular flexibility index (Phi) is 2.91. The molecule has 4 heteroatoms. The highest BCUT2D eigenvalue weighted by molar-refractivity contribution is 6.31. The van der Waals surface area contributed by atoms with E-state index in [0.717, 1.165) is 17.5 Å². The van der Waals surface area contributed by atoms with Crippen LogP contribution in [0, 0.1) is 0 Å². The Morgan fingerprint density at radius 2 is 2.38 bits per heavy atom. The number of halogens is 1. The van der Waals surface area contributed by atoms with Gasteiger partial charge in [0.25, 0.3) is 0 Å². The van der Waals surface area contributed by atoms with Gasteiger partial charge in [0.05, 0.1) is 6.42 Å². The fourth-order valence-corrected chi connectivity index (χ4v) is 2.68. The molecule has 1 aromatic carbocycles. The van der Waals surface area contributed by atoms with Crippen LogP contribution in [0.25, 0.3) is 0 Å². The quantitative estimate of drug-likeness (QED) is 0.884. The van der Waals surface area contributed by atoms with E-state index in [1.807, 2.05) is 18.2 Å². The molecule has 0 amide bonds. The maximum atomic E-state index is 10.9. The van der Waals surface area contributed by atoms with Crippen molar-refractivity contribution in [3.63, 3.8) is 0 Å². The molecule has 86 valence electrons. The van der Waals surface area contributed by atoms with Crippen molar-refractivity contribution in [2.45, 2.75) is 24.9 Å². The first-order valence-corrected chi connectivity index (χ1v) is 5.52. The smallest absolute Gasteiger partial charge is 0.306 e. The highest BCUT2D eigenvalue weighted by Gasteiger charge is 2.41. The van der Waals surface area contributed by atoms with Crippen LogP contribution in [0.1, 0.15) is 24.0 Å². The maximum Gasteiger partial charge on any atom is 0.306 e. The lowest BCUT2D eigenvalue weighted by Gasteiger charge is -2.27. The second-order valence-electron chi connectivity index (χ2n) is 4.03. The number of carboxylic acid groups (broad SMARTS) is 1. The van der Waals surface area contributed by atoms with E-state index in [1.165, 1.54) is 0 Å². The molecule has 0 fully saturated rings. The van der Waals surface area contributed by atoms with E-state index in [-0.39, 0.29) is 6.42 Å². The Hall–Kier alpha value is -1.06. The molecule has 1 aliphatic rings. The summed E-state index contributed by atoms with van der Waals surface area (Å²) in [6.07, 6.45) is 1.43. The van der Waals surface area contributed by atoms with Gasteiger partial charge in [0.15, 0.2) is 0 Å². The van der Waals surface area contributed by atoms with Crippen LogP contribution in [0.2, 0.25) is 5.02 Å². The summed E-state index contributed by atoms with van der Waals surface area (Å²) in [5.74, 6) is -0.852. The molecule has 0 aromatic heterocycles. The van der Waals surface area contributed by atoms with E-state index in [4.69, 9.17) is 21.4 Å². The van der Waals surface area contributed by atoms with Crippen LogP contribution in [-0.4, -0.2) is 18.2 Å². The SMILES string of the molecule is COC1(CC(=O)O)CCc2c(Cl)cccc21. The standard InChI is InChI=1S/C12H13ClO3/c1-16-12(7-11(14)15)6-5-8-9(12)3-2-4-10(8)13/h2-4H,5-7H2,1H3,(H,14,15). The molecule has 0 bridgehead atoms. The first-order valence-electron chi connectivity index (χ1n) is 5.14. The number of hydrogen-bond donors (Lipinski definition) is 1. The zero-order valence-electron chi connectivity index (χ0n) is 9.00. The first kappa shape index (κ1) is 11.4. The minimum absolute atomic E-state index is 0.0170. The normalized spacial score (nSPS) is 23.1. The highest BCUT2D eigenvalue weighted by Crippen LogP contribution is 2.44. The number of methoxy groups -OCH3 is 1. The largest absolute Gasteiger partial charge is 0.481 e. The topological polar surface area (TPSA) is 46.5 Å². The average Bonchev–Trinajstić information content (AvgIpc) is 2.59. The molecule has 0 heterocycles. The van der Waals surface area contributed by atoms with Gasteiger partial charge in [-0.3, -0.25) is 4.79 Å². The van der Waals surface area contributed by atoms with Crippen LogP contribution in [0.3, 0.4) is 0 Å². The van der Waals surface area contributed by atoms with E-state index < -0.39 is 11.6 Å². The Labute approximate surface area is 99.0 Å². The predicted octanol–water partition coefficient (Wildman–Crippen LogP) is 2.60. The van der Waals surface area contributed by atoms with Crippen molar-refractivity contribution in [1.29, 1.82) is 0 Å². The van der Waals surface area contributed by atoms with Gasteiger partial charge >= 0.3 is 5.97 Å². The van der Waals surface area contributed by atoms with Crippen molar-refractivity contribution in [2.75, 3.05) is 7.11 Å². The van der Waals surface area contributed by atoms with E-state index in [0.29, 0.717) is 11.4 Å². The molecule has 2 rings (SSSR count). The lowest BCUT2D eigenvalue weighted by Crippen LogP contribution is -2.28. The van der Waals surface area contributed by atoms with Crippen molar-refractivity contribution in [1.82, 2.24) is 0 Å².